The van der Waals surface area contributed by atoms with Gasteiger partial charge < -0.3 is 4.74 Å². The molecule has 0 aromatic heterocycles. The van der Waals surface area contributed by atoms with Gasteiger partial charge in [-0.25, -0.2) is 4.79 Å². The Labute approximate surface area is 97.6 Å². The Morgan fingerprint density at radius 2 is 1.53 bits per heavy atom. The Hall–Kier alpha value is -1.97. The van der Waals surface area contributed by atoms with Gasteiger partial charge in [0.05, 0.1) is 12.7 Å². The SMILES string of the molecule is COC(=O)c1c2c(c(C)c3c1CC3=O)C(=O)C2. The molecule has 0 fully saturated rings. The van der Waals surface area contributed by atoms with E-state index >= 15 is 0 Å². The summed E-state index contributed by atoms with van der Waals surface area (Å²) in [7, 11) is 1.31. The summed E-state index contributed by atoms with van der Waals surface area (Å²) in [6, 6.07) is 0. The molecular weight excluding hydrogens is 220 g/mol. The van der Waals surface area contributed by atoms with Crippen LogP contribution in [0.25, 0.3) is 0 Å². The van der Waals surface area contributed by atoms with Crippen molar-refractivity contribution in [2.75, 3.05) is 7.11 Å². The topological polar surface area (TPSA) is 60.4 Å². The molecule has 0 aliphatic heterocycles. The maximum Gasteiger partial charge on any atom is 0.338 e. The number of Topliss-reactive ketones (excluding diaryl/α,β-unsaturated/α-hetero) is 2. The number of ether oxygens (including phenoxy) is 1. The molecule has 1 aromatic carbocycles. The summed E-state index contributed by atoms with van der Waals surface area (Å²) in [6.07, 6.45) is 0.560. The second-order valence-electron chi connectivity index (χ2n) is 4.40. The van der Waals surface area contributed by atoms with Gasteiger partial charge in [0, 0.05) is 24.0 Å². The Kier molecular flexibility index (Phi) is 1.82. The second kappa shape index (κ2) is 3.03. The molecule has 0 unspecified atom stereocenters. The van der Waals surface area contributed by atoms with Crippen LogP contribution < -0.4 is 0 Å². The van der Waals surface area contributed by atoms with Gasteiger partial charge in [0.25, 0.3) is 0 Å². The van der Waals surface area contributed by atoms with Crippen LogP contribution in [0.2, 0.25) is 0 Å². The Balaban J connectivity index is 2.34. The highest BCUT2D eigenvalue weighted by Gasteiger charge is 2.41. The lowest BCUT2D eigenvalue weighted by atomic mass is 9.70. The molecule has 0 N–H and O–H groups in total. The first kappa shape index (κ1) is 10.2. The number of hydrogen-bond acceptors (Lipinski definition) is 4. The molecule has 0 radical (unpaired) electrons. The molecule has 0 saturated heterocycles. The number of methoxy groups -OCH3 is 1. The van der Waals surface area contributed by atoms with Crippen LogP contribution in [0.1, 0.15) is 47.8 Å². The van der Waals surface area contributed by atoms with E-state index in [-0.39, 0.29) is 24.4 Å². The third-order valence-corrected chi connectivity index (χ3v) is 3.58. The van der Waals surface area contributed by atoms with Crippen LogP contribution in [-0.4, -0.2) is 24.6 Å². The van der Waals surface area contributed by atoms with Gasteiger partial charge in [-0.05, 0) is 23.6 Å². The number of benzene rings is 1. The van der Waals surface area contributed by atoms with E-state index in [0.717, 1.165) is 16.7 Å². The van der Waals surface area contributed by atoms with Crippen LogP contribution >= 0.6 is 0 Å². The van der Waals surface area contributed by atoms with Crippen molar-refractivity contribution in [1.82, 2.24) is 0 Å². The fourth-order valence-corrected chi connectivity index (χ4v) is 2.75. The molecule has 86 valence electrons. The van der Waals surface area contributed by atoms with Gasteiger partial charge in [0.15, 0.2) is 11.6 Å². The van der Waals surface area contributed by atoms with Gasteiger partial charge in [0.1, 0.15) is 0 Å². The first-order valence-corrected chi connectivity index (χ1v) is 5.39. The molecule has 17 heavy (non-hydrogen) atoms. The first-order valence-electron chi connectivity index (χ1n) is 5.39. The molecule has 2 aliphatic rings. The molecular formula is C13H10O4. The Bertz CT molecular complexity index is 567. The Morgan fingerprint density at radius 1 is 1.06 bits per heavy atom. The van der Waals surface area contributed by atoms with Crippen LogP contribution in [0.5, 0.6) is 0 Å². The summed E-state index contributed by atoms with van der Waals surface area (Å²) in [5.74, 6) is -0.437. The predicted molar refractivity (Wildman–Crippen MR) is 58.6 cm³/mol. The molecule has 0 heterocycles. The second-order valence-corrected chi connectivity index (χ2v) is 4.40. The van der Waals surface area contributed by atoms with Crippen LogP contribution in [-0.2, 0) is 17.6 Å². The lowest BCUT2D eigenvalue weighted by Crippen LogP contribution is -2.34. The molecule has 4 heteroatoms. The molecule has 2 aliphatic carbocycles. The van der Waals surface area contributed by atoms with Gasteiger partial charge in [-0.1, -0.05) is 0 Å². The zero-order valence-corrected chi connectivity index (χ0v) is 9.55. The standard InChI is InChI=1S/C13H10O4/c1-5-10-6(3-8(10)14)12(13(16)17-2)7-4-9(15)11(5)7/h3-4H2,1-2H3. The summed E-state index contributed by atoms with van der Waals surface area (Å²) < 4.78 is 4.72. The van der Waals surface area contributed by atoms with Crippen molar-refractivity contribution in [3.05, 3.63) is 33.4 Å². The monoisotopic (exact) mass is 230 g/mol. The maximum atomic E-state index is 11.7. The van der Waals surface area contributed by atoms with Crippen molar-refractivity contribution in [2.45, 2.75) is 19.8 Å². The third-order valence-electron chi connectivity index (χ3n) is 3.58. The lowest BCUT2D eigenvalue weighted by molar-refractivity contribution is 0.0597. The van der Waals surface area contributed by atoms with E-state index in [1.165, 1.54) is 7.11 Å². The molecule has 4 nitrogen and oxygen atoms in total. The van der Waals surface area contributed by atoms with Crippen molar-refractivity contribution in [2.24, 2.45) is 0 Å². The van der Waals surface area contributed by atoms with Crippen molar-refractivity contribution in [1.29, 1.82) is 0 Å². The zero-order chi connectivity index (χ0) is 12.3. The minimum atomic E-state index is -0.447. The first-order chi connectivity index (χ1) is 8.06. The van der Waals surface area contributed by atoms with E-state index in [1.807, 2.05) is 0 Å². The van der Waals surface area contributed by atoms with Gasteiger partial charge >= 0.3 is 5.97 Å². The highest BCUT2D eigenvalue weighted by atomic mass is 16.5. The summed E-state index contributed by atoms with van der Waals surface area (Å²) in [5.41, 5.74) is 3.79. The highest BCUT2D eigenvalue weighted by Crippen LogP contribution is 2.40. The lowest BCUT2D eigenvalue weighted by Gasteiger charge is -2.31. The molecule has 0 spiro atoms. The summed E-state index contributed by atoms with van der Waals surface area (Å²) >= 11 is 0. The predicted octanol–water partition coefficient (Wildman–Crippen LogP) is 1.26. The zero-order valence-electron chi connectivity index (χ0n) is 9.55. The molecule has 0 amide bonds. The highest BCUT2D eigenvalue weighted by molar-refractivity contribution is 6.19. The van der Waals surface area contributed by atoms with Gasteiger partial charge in [-0.3, -0.25) is 9.59 Å². The van der Waals surface area contributed by atoms with Crippen LogP contribution in [0, 0.1) is 6.92 Å². The van der Waals surface area contributed by atoms with E-state index < -0.39 is 5.97 Å². The molecule has 0 bridgehead atoms. The number of carbonyl (C=O) groups is 3. The number of hydrogen-bond donors (Lipinski definition) is 0. The minimum absolute atomic E-state index is 0.00477. The number of rotatable bonds is 1. The van der Waals surface area contributed by atoms with Crippen LogP contribution in [0.4, 0.5) is 0 Å². The normalized spacial score (nSPS) is 15.6. The minimum Gasteiger partial charge on any atom is -0.465 e. The molecule has 0 atom stereocenters. The van der Waals surface area contributed by atoms with Crippen LogP contribution in [0.3, 0.4) is 0 Å². The van der Waals surface area contributed by atoms with E-state index in [2.05, 4.69) is 0 Å². The van der Waals surface area contributed by atoms with Gasteiger partial charge in [0.2, 0.25) is 0 Å². The van der Waals surface area contributed by atoms with Gasteiger partial charge in [-0.15, -0.1) is 0 Å². The van der Waals surface area contributed by atoms with E-state index in [9.17, 15) is 14.4 Å². The fourth-order valence-electron chi connectivity index (χ4n) is 2.75. The number of fused-ring (bicyclic) bond motifs is 2. The smallest absolute Gasteiger partial charge is 0.338 e. The Morgan fingerprint density at radius 3 is 1.88 bits per heavy atom. The van der Waals surface area contributed by atoms with Crippen LogP contribution in [0.15, 0.2) is 0 Å². The van der Waals surface area contributed by atoms with Crippen molar-refractivity contribution < 1.29 is 19.1 Å². The molecule has 0 saturated carbocycles. The number of esters is 1. The largest absolute Gasteiger partial charge is 0.465 e. The van der Waals surface area contributed by atoms with E-state index in [1.54, 1.807) is 6.92 Å². The number of carbonyl (C=O) groups excluding carboxylic acids is 3. The summed E-state index contributed by atoms with van der Waals surface area (Å²) in [4.78, 5) is 34.8. The van der Waals surface area contributed by atoms with Crippen molar-refractivity contribution in [3.8, 4) is 0 Å². The van der Waals surface area contributed by atoms with E-state index in [0.29, 0.717) is 16.7 Å². The average molecular weight is 230 g/mol. The van der Waals surface area contributed by atoms with E-state index in [4.69, 9.17) is 4.74 Å². The van der Waals surface area contributed by atoms with Crippen molar-refractivity contribution in [3.63, 3.8) is 0 Å². The molecule has 3 rings (SSSR count). The number of ketones is 2. The fraction of sp³-hybridized carbons (Fsp3) is 0.308. The molecule has 1 aromatic rings. The summed E-state index contributed by atoms with van der Waals surface area (Å²) in [5, 5.41) is 0. The summed E-state index contributed by atoms with van der Waals surface area (Å²) in [6.45, 7) is 1.77. The average Bonchev–Trinajstić information content (AvgIpc) is 2.24. The maximum absolute atomic E-state index is 11.7. The third kappa shape index (κ3) is 1.05. The van der Waals surface area contributed by atoms with Crippen molar-refractivity contribution >= 4 is 17.5 Å². The van der Waals surface area contributed by atoms with Gasteiger partial charge in [-0.2, -0.15) is 0 Å². The quantitative estimate of drug-likeness (QED) is 0.681.